The van der Waals surface area contributed by atoms with Gasteiger partial charge in [-0.25, -0.2) is 9.78 Å². The molecule has 0 saturated carbocycles. The predicted octanol–water partition coefficient (Wildman–Crippen LogP) is 2.15. The van der Waals surface area contributed by atoms with Crippen LogP contribution in [0.25, 0.3) is 11.3 Å². The summed E-state index contributed by atoms with van der Waals surface area (Å²) in [7, 11) is 0. The Morgan fingerprint density at radius 2 is 2.08 bits per heavy atom. The first-order valence-corrected chi connectivity index (χ1v) is 8.52. The van der Waals surface area contributed by atoms with Gasteiger partial charge >= 0.3 is 6.03 Å². The van der Waals surface area contributed by atoms with Crippen molar-refractivity contribution in [1.29, 1.82) is 0 Å². The molecule has 0 bridgehead atoms. The van der Waals surface area contributed by atoms with Crippen molar-refractivity contribution in [2.45, 2.75) is 25.8 Å². The number of carbonyl (C=O) groups is 2. The molecule has 132 valence electrons. The number of nitrogens with zero attached hydrogens (tertiary/aromatic N) is 2. The molecule has 0 aliphatic carbocycles. The maximum absolute atomic E-state index is 11.8. The topological polar surface area (TPSA) is 87.5 Å². The van der Waals surface area contributed by atoms with Gasteiger partial charge < -0.3 is 20.0 Å². The highest BCUT2D eigenvalue weighted by atomic mass is 16.4. The van der Waals surface area contributed by atoms with Gasteiger partial charge in [0.2, 0.25) is 11.8 Å². The van der Waals surface area contributed by atoms with Crippen LogP contribution in [0.2, 0.25) is 0 Å². The second-order valence-corrected chi connectivity index (χ2v) is 5.93. The zero-order valence-corrected chi connectivity index (χ0v) is 14.0. The molecule has 1 saturated heterocycles. The molecule has 2 heterocycles. The molecule has 1 aliphatic heterocycles. The van der Waals surface area contributed by atoms with Gasteiger partial charge in [-0.2, -0.15) is 0 Å². The molecule has 3 amide bonds. The minimum absolute atomic E-state index is 0.211. The molecule has 1 aromatic heterocycles. The van der Waals surface area contributed by atoms with Crippen LogP contribution in [0.4, 0.5) is 4.79 Å². The lowest BCUT2D eigenvalue weighted by Gasteiger charge is -2.15. The van der Waals surface area contributed by atoms with Crippen molar-refractivity contribution in [2.24, 2.45) is 0 Å². The van der Waals surface area contributed by atoms with E-state index in [0.29, 0.717) is 31.2 Å². The largest absolute Gasteiger partial charge is 0.439 e. The summed E-state index contributed by atoms with van der Waals surface area (Å²) in [5.74, 6) is 1.34. The van der Waals surface area contributed by atoms with Crippen LogP contribution in [0, 0.1) is 0 Å². The number of likely N-dealkylation sites (tertiary alicyclic amines) is 1. The molecule has 1 aliphatic rings. The number of hydrogen-bond donors (Lipinski definition) is 2. The standard InChI is InChI=1S/C18H22N4O3/c23-17-8-4-10-22(17)11-5-9-19-18(24)21-13-16-20-12-15(25-16)14-6-2-1-3-7-14/h1-3,6-7,12H,4-5,8-11,13H2,(H2,19,21,24). The average Bonchev–Trinajstić information content (AvgIpc) is 3.27. The summed E-state index contributed by atoms with van der Waals surface area (Å²) in [5, 5.41) is 5.49. The number of oxazole rings is 1. The second kappa shape index (κ2) is 8.32. The van der Waals surface area contributed by atoms with Gasteiger partial charge in [-0.15, -0.1) is 0 Å². The van der Waals surface area contributed by atoms with E-state index in [-0.39, 0.29) is 18.5 Å². The average molecular weight is 342 g/mol. The van der Waals surface area contributed by atoms with E-state index in [1.807, 2.05) is 35.2 Å². The van der Waals surface area contributed by atoms with Crippen molar-refractivity contribution < 1.29 is 14.0 Å². The fraction of sp³-hybridized carbons (Fsp3) is 0.389. The maximum atomic E-state index is 11.8. The summed E-state index contributed by atoms with van der Waals surface area (Å²) in [6.07, 6.45) is 3.98. The van der Waals surface area contributed by atoms with E-state index >= 15 is 0 Å². The number of nitrogens with one attached hydrogen (secondary N) is 2. The second-order valence-electron chi connectivity index (χ2n) is 5.93. The number of benzene rings is 1. The smallest absolute Gasteiger partial charge is 0.315 e. The van der Waals surface area contributed by atoms with E-state index in [1.165, 1.54) is 0 Å². The molecule has 0 radical (unpaired) electrons. The van der Waals surface area contributed by atoms with Crippen molar-refractivity contribution in [2.75, 3.05) is 19.6 Å². The molecule has 0 spiro atoms. The van der Waals surface area contributed by atoms with Crippen LogP contribution in [-0.4, -0.2) is 41.5 Å². The quantitative estimate of drug-likeness (QED) is 0.755. The van der Waals surface area contributed by atoms with Gasteiger partial charge in [0.25, 0.3) is 0 Å². The molecule has 3 rings (SSSR count). The Labute approximate surface area is 146 Å². The third kappa shape index (κ3) is 4.82. The Bertz CT molecular complexity index is 714. The molecule has 7 heteroatoms. The van der Waals surface area contributed by atoms with Gasteiger partial charge in [-0.05, 0) is 12.8 Å². The van der Waals surface area contributed by atoms with Crippen molar-refractivity contribution in [1.82, 2.24) is 20.5 Å². The molecular formula is C18H22N4O3. The monoisotopic (exact) mass is 342 g/mol. The van der Waals surface area contributed by atoms with Crippen LogP contribution in [0.3, 0.4) is 0 Å². The van der Waals surface area contributed by atoms with Crippen molar-refractivity contribution in [3.63, 3.8) is 0 Å². The van der Waals surface area contributed by atoms with Gasteiger partial charge in [-0.3, -0.25) is 4.79 Å². The van der Waals surface area contributed by atoms with Crippen LogP contribution in [-0.2, 0) is 11.3 Å². The van der Waals surface area contributed by atoms with E-state index in [2.05, 4.69) is 15.6 Å². The summed E-state index contributed by atoms with van der Waals surface area (Å²) in [4.78, 5) is 29.3. The number of carbonyl (C=O) groups excluding carboxylic acids is 2. The number of aromatic nitrogens is 1. The van der Waals surface area contributed by atoms with E-state index in [0.717, 1.165) is 24.9 Å². The molecule has 1 fully saturated rings. The molecule has 25 heavy (non-hydrogen) atoms. The predicted molar refractivity (Wildman–Crippen MR) is 92.6 cm³/mol. The summed E-state index contributed by atoms with van der Waals surface area (Å²) in [6.45, 7) is 2.28. The Hall–Kier alpha value is -2.83. The highest BCUT2D eigenvalue weighted by molar-refractivity contribution is 5.78. The molecule has 0 unspecified atom stereocenters. The summed E-state index contributed by atoms with van der Waals surface area (Å²) < 4.78 is 5.63. The molecule has 1 aromatic carbocycles. The minimum atomic E-state index is -0.271. The van der Waals surface area contributed by atoms with Gasteiger partial charge in [0.05, 0.1) is 12.7 Å². The van der Waals surface area contributed by atoms with E-state index < -0.39 is 0 Å². The Morgan fingerprint density at radius 3 is 2.84 bits per heavy atom. The van der Waals surface area contributed by atoms with Crippen LogP contribution in [0.5, 0.6) is 0 Å². The highest BCUT2D eigenvalue weighted by Crippen LogP contribution is 2.19. The third-order valence-corrected chi connectivity index (χ3v) is 4.07. The first-order valence-electron chi connectivity index (χ1n) is 8.52. The van der Waals surface area contributed by atoms with Crippen LogP contribution in [0.1, 0.15) is 25.2 Å². The van der Waals surface area contributed by atoms with Gasteiger partial charge in [0.15, 0.2) is 5.76 Å². The fourth-order valence-electron chi connectivity index (χ4n) is 2.76. The zero-order chi connectivity index (χ0) is 17.5. The van der Waals surface area contributed by atoms with Crippen molar-refractivity contribution in [3.05, 3.63) is 42.4 Å². The number of rotatable bonds is 7. The first kappa shape index (κ1) is 17.0. The lowest BCUT2D eigenvalue weighted by Crippen LogP contribution is -2.37. The lowest BCUT2D eigenvalue weighted by molar-refractivity contribution is -0.127. The first-order chi connectivity index (χ1) is 12.2. The highest BCUT2D eigenvalue weighted by Gasteiger charge is 2.19. The molecule has 2 aromatic rings. The fourth-order valence-corrected chi connectivity index (χ4v) is 2.76. The van der Waals surface area contributed by atoms with Crippen molar-refractivity contribution in [3.8, 4) is 11.3 Å². The summed E-state index contributed by atoms with van der Waals surface area (Å²) >= 11 is 0. The molecule has 7 nitrogen and oxygen atoms in total. The maximum Gasteiger partial charge on any atom is 0.315 e. The molecule has 0 atom stereocenters. The summed E-state index contributed by atoms with van der Waals surface area (Å²) in [6, 6.07) is 9.40. The Balaban J connectivity index is 1.35. The molecule has 2 N–H and O–H groups in total. The van der Waals surface area contributed by atoms with Crippen LogP contribution in [0.15, 0.2) is 40.9 Å². The van der Waals surface area contributed by atoms with E-state index in [1.54, 1.807) is 6.20 Å². The van der Waals surface area contributed by atoms with Crippen LogP contribution < -0.4 is 10.6 Å². The Morgan fingerprint density at radius 1 is 1.24 bits per heavy atom. The lowest BCUT2D eigenvalue weighted by atomic mass is 10.2. The number of hydrogen-bond acceptors (Lipinski definition) is 4. The van der Waals surface area contributed by atoms with E-state index in [4.69, 9.17) is 4.42 Å². The normalized spacial score (nSPS) is 13.9. The van der Waals surface area contributed by atoms with E-state index in [9.17, 15) is 9.59 Å². The number of amides is 3. The molecular weight excluding hydrogens is 320 g/mol. The SMILES string of the molecule is O=C(NCCCN1CCCC1=O)NCc1ncc(-c2ccccc2)o1. The Kier molecular flexibility index (Phi) is 5.66. The zero-order valence-electron chi connectivity index (χ0n) is 14.0. The van der Waals surface area contributed by atoms with Gasteiger partial charge in [0, 0.05) is 31.6 Å². The van der Waals surface area contributed by atoms with Gasteiger partial charge in [-0.1, -0.05) is 30.3 Å². The van der Waals surface area contributed by atoms with Crippen molar-refractivity contribution >= 4 is 11.9 Å². The third-order valence-electron chi connectivity index (χ3n) is 4.07. The van der Waals surface area contributed by atoms with Gasteiger partial charge in [0.1, 0.15) is 0 Å². The summed E-state index contributed by atoms with van der Waals surface area (Å²) in [5.41, 5.74) is 0.946. The number of urea groups is 1. The van der Waals surface area contributed by atoms with Crippen LogP contribution >= 0.6 is 0 Å². The minimum Gasteiger partial charge on any atom is -0.439 e.